The van der Waals surface area contributed by atoms with E-state index in [-0.39, 0.29) is 16.0 Å². The van der Waals surface area contributed by atoms with Crippen LogP contribution in [0.1, 0.15) is 27.6 Å². The van der Waals surface area contributed by atoms with E-state index in [4.69, 9.17) is 0 Å². The fraction of sp³-hybridized carbons (Fsp3) is 0.273. The number of benzene rings is 1. The lowest BCUT2D eigenvalue weighted by Gasteiger charge is -2.13. The zero-order chi connectivity index (χ0) is 13.9. The predicted octanol–water partition coefficient (Wildman–Crippen LogP) is 4.08. The number of aldehydes is 1. The molecule has 1 atom stereocenters. The van der Waals surface area contributed by atoms with Gasteiger partial charge in [0.1, 0.15) is 0 Å². The molecule has 0 bridgehead atoms. The summed E-state index contributed by atoms with van der Waals surface area (Å²) in [4.78, 5) is 21.7. The summed E-state index contributed by atoms with van der Waals surface area (Å²) in [7, 11) is 0. The number of thioether (sulfide) groups is 1. The van der Waals surface area contributed by atoms with Gasteiger partial charge in [-0.3, -0.25) is 9.59 Å². The van der Waals surface area contributed by atoms with Crippen molar-refractivity contribution in [2.75, 3.05) is 0 Å². The number of carbonyl (C=O) groups excluding carboxylic acids is 2. The second-order valence-electron chi connectivity index (χ2n) is 3.37. The molecule has 0 radical (unpaired) electrons. The predicted molar refractivity (Wildman–Crippen MR) is 66.5 cm³/mol. The molecule has 0 aliphatic carbocycles. The van der Waals surface area contributed by atoms with Crippen molar-refractivity contribution in [3.05, 3.63) is 29.3 Å². The average molecular weight is 341 g/mol. The van der Waals surface area contributed by atoms with Gasteiger partial charge in [0, 0.05) is 16.0 Å². The molecule has 2 nitrogen and oxygen atoms in total. The van der Waals surface area contributed by atoms with E-state index in [1.807, 2.05) is 0 Å². The maximum absolute atomic E-state index is 12.4. The molecule has 0 N–H and O–H groups in total. The molecule has 1 aromatic rings. The number of Topliss-reactive ketones (excluding diaryl/α,β-unsaturated/α-hetero) is 1. The van der Waals surface area contributed by atoms with Gasteiger partial charge in [-0.2, -0.15) is 13.2 Å². The number of hydrogen-bond donors (Lipinski definition) is 0. The molecule has 0 aromatic heterocycles. The summed E-state index contributed by atoms with van der Waals surface area (Å²) in [6.45, 7) is 1.49. The van der Waals surface area contributed by atoms with Gasteiger partial charge in [-0.1, -0.05) is 28.1 Å². The molecule has 98 valence electrons. The Morgan fingerprint density at radius 3 is 2.50 bits per heavy atom. The van der Waals surface area contributed by atoms with Crippen LogP contribution in [-0.2, 0) is 0 Å². The zero-order valence-corrected chi connectivity index (χ0v) is 11.5. The fourth-order valence-electron chi connectivity index (χ4n) is 1.32. The normalized spacial score (nSPS) is 13.2. The highest BCUT2D eigenvalue weighted by molar-refractivity contribution is 9.10. The molecule has 0 aliphatic rings. The van der Waals surface area contributed by atoms with Crippen LogP contribution < -0.4 is 0 Å². The molecule has 0 heterocycles. The summed E-state index contributed by atoms with van der Waals surface area (Å²) in [5.74, 6) is -0.551. The lowest BCUT2D eigenvalue weighted by Crippen LogP contribution is -2.15. The maximum atomic E-state index is 12.4. The summed E-state index contributed by atoms with van der Waals surface area (Å²) < 4.78 is 37.1. The van der Waals surface area contributed by atoms with E-state index in [1.165, 1.54) is 25.1 Å². The molecular formula is C11H8BrF3O2S. The first-order valence-electron chi connectivity index (χ1n) is 4.78. The van der Waals surface area contributed by atoms with Crippen molar-refractivity contribution >= 4 is 39.8 Å². The van der Waals surface area contributed by atoms with Gasteiger partial charge in [-0.25, -0.2) is 0 Å². The lowest BCUT2D eigenvalue weighted by atomic mass is 10.0. The van der Waals surface area contributed by atoms with Crippen molar-refractivity contribution in [2.45, 2.75) is 22.2 Å². The number of ketones is 1. The van der Waals surface area contributed by atoms with Crippen molar-refractivity contribution in [3.63, 3.8) is 0 Å². The molecule has 0 aliphatic heterocycles. The third-order valence-corrected chi connectivity index (χ3v) is 3.23. The third kappa shape index (κ3) is 3.84. The minimum absolute atomic E-state index is 0.0412. The highest BCUT2D eigenvalue weighted by Gasteiger charge is 2.32. The number of halogens is 4. The molecule has 18 heavy (non-hydrogen) atoms. The van der Waals surface area contributed by atoms with E-state index < -0.39 is 27.9 Å². The molecule has 0 saturated carbocycles. The summed E-state index contributed by atoms with van der Waals surface area (Å²) >= 11 is 2.60. The monoisotopic (exact) mass is 340 g/mol. The number of carbonyl (C=O) groups is 2. The van der Waals surface area contributed by atoms with E-state index >= 15 is 0 Å². The Morgan fingerprint density at radius 1 is 1.44 bits per heavy atom. The Hall–Kier alpha value is -0.820. The van der Waals surface area contributed by atoms with E-state index in [0.29, 0.717) is 6.29 Å². The van der Waals surface area contributed by atoms with Gasteiger partial charge in [0.15, 0.2) is 12.1 Å². The molecule has 0 amide bonds. The first-order chi connectivity index (χ1) is 8.26. The smallest absolute Gasteiger partial charge is 0.298 e. The Morgan fingerprint density at radius 2 is 2.06 bits per heavy atom. The van der Waals surface area contributed by atoms with Gasteiger partial charge in [0.25, 0.3) is 0 Å². The van der Waals surface area contributed by atoms with Crippen LogP contribution in [0.2, 0.25) is 0 Å². The van der Waals surface area contributed by atoms with E-state index in [9.17, 15) is 22.8 Å². The van der Waals surface area contributed by atoms with Gasteiger partial charge in [-0.05, 0) is 24.8 Å². The van der Waals surface area contributed by atoms with Gasteiger partial charge in [0.05, 0.1) is 4.83 Å². The summed E-state index contributed by atoms with van der Waals surface area (Å²) in [5.41, 5.74) is -4.74. The zero-order valence-electron chi connectivity index (χ0n) is 9.12. The van der Waals surface area contributed by atoms with Crippen LogP contribution in [0.5, 0.6) is 0 Å². The number of hydrogen-bond acceptors (Lipinski definition) is 3. The van der Waals surface area contributed by atoms with Crippen LogP contribution in [0, 0.1) is 0 Å². The van der Waals surface area contributed by atoms with Crippen molar-refractivity contribution in [1.82, 2.24) is 0 Å². The summed E-state index contributed by atoms with van der Waals surface area (Å²) in [6.07, 6.45) is 0.378. The minimum Gasteiger partial charge on any atom is -0.298 e. The molecule has 1 rings (SSSR count). The standard InChI is InChI=1S/C11H8BrF3O2S/c1-6(12)10(17)9-7(5-16)3-2-4-8(9)18-11(13,14)15/h2-6H,1H3. The van der Waals surface area contributed by atoms with E-state index in [0.717, 1.165) is 0 Å². The van der Waals surface area contributed by atoms with Crippen LogP contribution >= 0.6 is 27.7 Å². The first kappa shape index (κ1) is 15.2. The Bertz CT molecular complexity index is 472. The van der Waals surface area contributed by atoms with Crippen molar-refractivity contribution in [1.29, 1.82) is 0 Å². The molecule has 0 fully saturated rings. The third-order valence-electron chi connectivity index (χ3n) is 2.02. The highest BCUT2D eigenvalue weighted by atomic mass is 79.9. The van der Waals surface area contributed by atoms with Crippen LogP contribution in [0.4, 0.5) is 13.2 Å². The second-order valence-corrected chi connectivity index (χ2v) is 5.85. The van der Waals surface area contributed by atoms with Crippen LogP contribution in [0.15, 0.2) is 23.1 Å². The van der Waals surface area contributed by atoms with Crippen molar-refractivity contribution < 1.29 is 22.8 Å². The van der Waals surface area contributed by atoms with Gasteiger partial charge in [0.2, 0.25) is 0 Å². The minimum atomic E-state index is -4.51. The molecule has 1 unspecified atom stereocenters. The molecular weight excluding hydrogens is 333 g/mol. The number of rotatable bonds is 4. The highest BCUT2D eigenvalue weighted by Crippen LogP contribution is 2.39. The van der Waals surface area contributed by atoms with E-state index in [2.05, 4.69) is 15.9 Å². The Balaban J connectivity index is 3.34. The van der Waals surface area contributed by atoms with Gasteiger partial charge >= 0.3 is 5.51 Å². The van der Waals surface area contributed by atoms with Gasteiger partial charge in [-0.15, -0.1) is 0 Å². The van der Waals surface area contributed by atoms with Crippen molar-refractivity contribution in [3.8, 4) is 0 Å². The van der Waals surface area contributed by atoms with E-state index in [1.54, 1.807) is 0 Å². The Kier molecular flexibility index (Phi) is 4.98. The largest absolute Gasteiger partial charge is 0.446 e. The Labute approximate surface area is 114 Å². The quantitative estimate of drug-likeness (QED) is 0.358. The fourth-order valence-corrected chi connectivity index (χ4v) is 2.26. The average Bonchev–Trinajstić information content (AvgIpc) is 2.25. The lowest BCUT2D eigenvalue weighted by molar-refractivity contribution is -0.0328. The summed E-state index contributed by atoms with van der Waals surface area (Å²) in [5, 5.41) is 0. The first-order valence-corrected chi connectivity index (χ1v) is 6.51. The molecule has 7 heteroatoms. The van der Waals surface area contributed by atoms with Gasteiger partial charge < -0.3 is 0 Å². The molecule has 0 spiro atoms. The number of alkyl halides is 4. The maximum Gasteiger partial charge on any atom is 0.446 e. The summed E-state index contributed by atoms with van der Waals surface area (Å²) in [6, 6.07) is 3.80. The van der Waals surface area contributed by atoms with Crippen LogP contribution in [0.3, 0.4) is 0 Å². The van der Waals surface area contributed by atoms with Crippen molar-refractivity contribution in [2.24, 2.45) is 0 Å². The topological polar surface area (TPSA) is 34.1 Å². The van der Waals surface area contributed by atoms with Crippen LogP contribution in [-0.4, -0.2) is 22.4 Å². The second kappa shape index (κ2) is 5.88. The molecule has 0 saturated heterocycles. The van der Waals surface area contributed by atoms with Crippen LogP contribution in [0.25, 0.3) is 0 Å². The SMILES string of the molecule is CC(Br)C(=O)c1c(C=O)cccc1SC(F)(F)F. The molecule has 1 aromatic carbocycles.